The van der Waals surface area contributed by atoms with Crippen LogP contribution in [0.5, 0.6) is 0 Å². The number of rotatable bonds is 6. The molecule has 0 saturated heterocycles. The number of fused-ring (bicyclic) bond motifs is 1. The van der Waals surface area contributed by atoms with E-state index in [2.05, 4.69) is 10.3 Å². The van der Waals surface area contributed by atoms with E-state index in [9.17, 15) is 14.4 Å². The van der Waals surface area contributed by atoms with Crippen molar-refractivity contribution in [2.24, 2.45) is 14.1 Å². The summed E-state index contributed by atoms with van der Waals surface area (Å²) in [5.41, 5.74) is 0.728. The van der Waals surface area contributed by atoms with E-state index in [1.807, 2.05) is 37.3 Å². The van der Waals surface area contributed by atoms with Gasteiger partial charge in [-0.25, -0.2) is 14.3 Å². The van der Waals surface area contributed by atoms with Crippen molar-refractivity contribution in [1.82, 2.24) is 24.0 Å². The van der Waals surface area contributed by atoms with Gasteiger partial charge in [0.05, 0.1) is 6.33 Å². The lowest BCUT2D eigenvalue weighted by Gasteiger charge is -2.15. The number of carbonyl (C=O) groups excluding carboxylic acids is 1. The molecule has 0 spiro atoms. The minimum absolute atomic E-state index is 0.0716. The normalized spacial score (nSPS) is 12.3. The van der Waals surface area contributed by atoms with Crippen molar-refractivity contribution in [3.05, 3.63) is 63.1 Å². The second-order valence-corrected chi connectivity index (χ2v) is 6.75. The molecule has 27 heavy (non-hydrogen) atoms. The number of amides is 1. The number of hydrogen-bond acceptors (Lipinski definition) is 4. The summed E-state index contributed by atoms with van der Waals surface area (Å²) >= 11 is 0. The Labute approximate surface area is 156 Å². The number of benzene rings is 1. The molecule has 0 aliphatic carbocycles. The van der Waals surface area contributed by atoms with Gasteiger partial charge in [-0.05, 0) is 25.3 Å². The lowest BCUT2D eigenvalue weighted by Crippen LogP contribution is -2.45. The van der Waals surface area contributed by atoms with Gasteiger partial charge in [-0.2, -0.15) is 0 Å². The zero-order valence-corrected chi connectivity index (χ0v) is 15.7. The third kappa shape index (κ3) is 3.84. The van der Waals surface area contributed by atoms with Gasteiger partial charge in [0.2, 0.25) is 5.91 Å². The Hall–Kier alpha value is -3.16. The summed E-state index contributed by atoms with van der Waals surface area (Å²) in [6, 6.07) is 9.94. The Kier molecular flexibility index (Phi) is 5.25. The standard InChI is InChI=1S/C19H23N5O3/c1-13(9-10-14-7-5-4-6-8-14)21-15(25)11-24-18(26)16-17(20-12-22(16)2)23(3)19(24)27/h4-8,12-13H,9-11H2,1-3H3,(H,21,25)/t13-/m1/s1. The average molecular weight is 369 g/mol. The van der Waals surface area contributed by atoms with Gasteiger partial charge in [-0.15, -0.1) is 0 Å². The zero-order chi connectivity index (χ0) is 19.6. The van der Waals surface area contributed by atoms with E-state index in [4.69, 9.17) is 0 Å². The maximum absolute atomic E-state index is 12.6. The lowest BCUT2D eigenvalue weighted by atomic mass is 10.1. The zero-order valence-electron chi connectivity index (χ0n) is 15.7. The van der Waals surface area contributed by atoms with Crippen molar-refractivity contribution in [1.29, 1.82) is 0 Å². The monoisotopic (exact) mass is 369 g/mol. The first-order valence-corrected chi connectivity index (χ1v) is 8.82. The second kappa shape index (κ2) is 7.61. The molecule has 0 aliphatic rings. The summed E-state index contributed by atoms with van der Waals surface area (Å²) in [6.07, 6.45) is 3.08. The number of aryl methyl sites for hydroxylation is 3. The van der Waals surface area contributed by atoms with Crippen LogP contribution in [-0.2, 0) is 31.9 Å². The smallest absolute Gasteiger partial charge is 0.332 e. The molecule has 1 atom stereocenters. The third-order valence-corrected chi connectivity index (χ3v) is 4.62. The Bertz CT molecular complexity index is 1080. The van der Waals surface area contributed by atoms with Gasteiger partial charge < -0.3 is 9.88 Å². The fourth-order valence-electron chi connectivity index (χ4n) is 3.10. The molecular formula is C19H23N5O3. The molecule has 1 aromatic carbocycles. The Balaban J connectivity index is 1.71. The Morgan fingerprint density at radius 1 is 1.19 bits per heavy atom. The molecule has 2 aromatic heterocycles. The fourth-order valence-corrected chi connectivity index (χ4v) is 3.10. The number of nitrogens with zero attached hydrogens (tertiary/aromatic N) is 4. The lowest BCUT2D eigenvalue weighted by molar-refractivity contribution is -0.122. The third-order valence-electron chi connectivity index (χ3n) is 4.62. The highest BCUT2D eigenvalue weighted by Crippen LogP contribution is 2.05. The van der Waals surface area contributed by atoms with Crippen LogP contribution in [0.25, 0.3) is 11.2 Å². The highest BCUT2D eigenvalue weighted by Gasteiger charge is 2.17. The van der Waals surface area contributed by atoms with Crippen LogP contribution in [0.3, 0.4) is 0 Å². The molecule has 0 radical (unpaired) electrons. The molecule has 142 valence electrons. The van der Waals surface area contributed by atoms with E-state index < -0.39 is 11.2 Å². The number of nitrogens with one attached hydrogen (secondary N) is 1. The first-order chi connectivity index (χ1) is 12.9. The van der Waals surface area contributed by atoms with Crippen molar-refractivity contribution >= 4 is 17.1 Å². The SMILES string of the molecule is C[C@H](CCc1ccccc1)NC(=O)Cn1c(=O)c2c(ncn2C)n(C)c1=O. The highest BCUT2D eigenvalue weighted by atomic mass is 16.2. The van der Waals surface area contributed by atoms with Crippen LogP contribution < -0.4 is 16.6 Å². The van der Waals surface area contributed by atoms with E-state index in [0.717, 1.165) is 17.4 Å². The van der Waals surface area contributed by atoms with Crippen LogP contribution in [0.2, 0.25) is 0 Å². The molecule has 8 nitrogen and oxygen atoms in total. The van der Waals surface area contributed by atoms with E-state index in [-0.39, 0.29) is 18.5 Å². The van der Waals surface area contributed by atoms with Gasteiger partial charge >= 0.3 is 5.69 Å². The van der Waals surface area contributed by atoms with Crippen molar-refractivity contribution in [3.8, 4) is 0 Å². The highest BCUT2D eigenvalue weighted by molar-refractivity contribution is 5.76. The molecular weight excluding hydrogens is 346 g/mol. The molecule has 0 unspecified atom stereocenters. The predicted octanol–water partition coefficient (Wildman–Crippen LogP) is 0.571. The topological polar surface area (TPSA) is 90.9 Å². The van der Waals surface area contributed by atoms with E-state index >= 15 is 0 Å². The molecule has 1 amide bonds. The fraction of sp³-hybridized carbons (Fsp3) is 0.368. The minimum Gasteiger partial charge on any atom is -0.352 e. The summed E-state index contributed by atoms with van der Waals surface area (Å²) < 4.78 is 3.78. The summed E-state index contributed by atoms with van der Waals surface area (Å²) in [5.74, 6) is -0.365. The first-order valence-electron chi connectivity index (χ1n) is 8.82. The molecule has 0 fully saturated rings. The van der Waals surface area contributed by atoms with E-state index in [0.29, 0.717) is 11.2 Å². The van der Waals surface area contributed by atoms with Crippen molar-refractivity contribution in [2.75, 3.05) is 0 Å². The molecule has 3 aromatic rings. The number of hydrogen-bond donors (Lipinski definition) is 1. The minimum atomic E-state index is -0.557. The van der Waals surface area contributed by atoms with Gasteiger partial charge in [0, 0.05) is 20.1 Å². The molecule has 3 rings (SSSR count). The molecule has 8 heteroatoms. The van der Waals surface area contributed by atoms with Crippen molar-refractivity contribution in [2.45, 2.75) is 32.4 Å². The Morgan fingerprint density at radius 2 is 1.89 bits per heavy atom. The molecule has 0 aliphatic heterocycles. The summed E-state index contributed by atoms with van der Waals surface area (Å²) in [7, 11) is 3.21. The van der Waals surface area contributed by atoms with Crippen LogP contribution in [-0.4, -0.2) is 30.6 Å². The van der Waals surface area contributed by atoms with Crippen molar-refractivity contribution in [3.63, 3.8) is 0 Å². The Morgan fingerprint density at radius 3 is 2.59 bits per heavy atom. The van der Waals surface area contributed by atoms with Gasteiger partial charge in [-0.1, -0.05) is 30.3 Å². The largest absolute Gasteiger partial charge is 0.352 e. The summed E-state index contributed by atoms with van der Waals surface area (Å²) in [4.78, 5) is 41.5. The molecule has 1 N–H and O–H groups in total. The summed E-state index contributed by atoms with van der Waals surface area (Å²) in [6.45, 7) is 1.59. The number of carbonyl (C=O) groups is 1. The summed E-state index contributed by atoms with van der Waals surface area (Å²) in [5, 5.41) is 2.86. The van der Waals surface area contributed by atoms with Crippen molar-refractivity contribution < 1.29 is 4.79 Å². The number of aromatic nitrogens is 4. The van der Waals surface area contributed by atoms with Crippen LogP contribution >= 0.6 is 0 Å². The first kappa shape index (κ1) is 18.6. The quantitative estimate of drug-likeness (QED) is 0.688. The van der Waals surface area contributed by atoms with E-state index in [1.165, 1.54) is 23.5 Å². The molecule has 2 heterocycles. The second-order valence-electron chi connectivity index (χ2n) is 6.75. The van der Waals surface area contributed by atoms with Crippen LogP contribution in [0, 0.1) is 0 Å². The van der Waals surface area contributed by atoms with Gasteiger partial charge in [-0.3, -0.25) is 14.2 Å². The predicted molar refractivity (Wildman–Crippen MR) is 103 cm³/mol. The van der Waals surface area contributed by atoms with Crippen LogP contribution in [0.15, 0.2) is 46.2 Å². The maximum Gasteiger partial charge on any atom is 0.332 e. The van der Waals surface area contributed by atoms with Crippen LogP contribution in [0.4, 0.5) is 0 Å². The van der Waals surface area contributed by atoms with E-state index in [1.54, 1.807) is 11.6 Å². The van der Waals surface area contributed by atoms with Gasteiger partial charge in [0.15, 0.2) is 11.2 Å². The van der Waals surface area contributed by atoms with Gasteiger partial charge in [0.1, 0.15) is 6.54 Å². The maximum atomic E-state index is 12.6. The molecule has 0 saturated carbocycles. The molecule has 0 bridgehead atoms. The average Bonchev–Trinajstić information content (AvgIpc) is 3.04. The number of imidazole rings is 1. The van der Waals surface area contributed by atoms with Gasteiger partial charge in [0.25, 0.3) is 5.56 Å². The van der Waals surface area contributed by atoms with Crippen LogP contribution in [0.1, 0.15) is 18.9 Å².